The fourth-order valence-electron chi connectivity index (χ4n) is 2.27. The van der Waals surface area contributed by atoms with Crippen LogP contribution in [-0.2, 0) is 10.0 Å². The molecule has 9 heteroatoms. The van der Waals surface area contributed by atoms with Crippen molar-refractivity contribution in [1.82, 2.24) is 0 Å². The summed E-state index contributed by atoms with van der Waals surface area (Å²) in [5.74, 6) is 0.955. The zero-order valence-corrected chi connectivity index (χ0v) is 13.3. The third kappa shape index (κ3) is 3.25. The van der Waals surface area contributed by atoms with Crippen molar-refractivity contribution in [3.63, 3.8) is 0 Å². The molecule has 0 fully saturated rings. The Bertz CT molecular complexity index is 881. The number of nitro groups is 1. The van der Waals surface area contributed by atoms with E-state index in [0.29, 0.717) is 24.7 Å². The zero-order valence-electron chi connectivity index (χ0n) is 12.5. The second-order valence-electron chi connectivity index (χ2n) is 5.04. The zero-order chi connectivity index (χ0) is 17.2. The number of sulfonamides is 1. The summed E-state index contributed by atoms with van der Waals surface area (Å²) in [5.41, 5.74) is -0.253. The number of ether oxygens (including phenoxy) is 2. The molecule has 0 saturated carbocycles. The van der Waals surface area contributed by atoms with Gasteiger partial charge in [0.1, 0.15) is 0 Å². The SMILES string of the molecule is O=[N+]([O-])c1ccccc1S(=O)(=O)Nc1ccc2c(c1)OCCCO2. The summed E-state index contributed by atoms with van der Waals surface area (Å²) in [4.78, 5) is 9.89. The van der Waals surface area contributed by atoms with Crippen molar-refractivity contribution in [2.75, 3.05) is 17.9 Å². The van der Waals surface area contributed by atoms with Gasteiger partial charge in [0, 0.05) is 18.6 Å². The molecule has 2 aromatic rings. The summed E-state index contributed by atoms with van der Waals surface area (Å²) in [6.45, 7) is 0.988. The molecule has 0 aromatic heterocycles. The molecule has 1 N–H and O–H groups in total. The summed E-state index contributed by atoms with van der Waals surface area (Å²) in [5, 5.41) is 11.0. The molecule has 8 nitrogen and oxygen atoms in total. The van der Waals surface area contributed by atoms with Crippen LogP contribution in [0.4, 0.5) is 11.4 Å². The second kappa shape index (κ2) is 6.36. The third-order valence-corrected chi connectivity index (χ3v) is 4.78. The van der Waals surface area contributed by atoms with Gasteiger partial charge < -0.3 is 9.47 Å². The third-order valence-electron chi connectivity index (χ3n) is 3.35. The number of hydrogen-bond acceptors (Lipinski definition) is 6. The Balaban J connectivity index is 1.93. The van der Waals surface area contributed by atoms with Crippen molar-refractivity contribution >= 4 is 21.4 Å². The molecule has 0 aliphatic carbocycles. The minimum atomic E-state index is -4.11. The summed E-state index contributed by atoms with van der Waals surface area (Å²) < 4.78 is 38.3. The van der Waals surface area contributed by atoms with Crippen LogP contribution in [0.2, 0.25) is 0 Å². The summed E-state index contributed by atoms with van der Waals surface area (Å²) in [6.07, 6.45) is 0.728. The Kier molecular flexibility index (Phi) is 4.26. The highest BCUT2D eigenvalue weighted by Crippen LogP contribution is 2.33. The van der Waals surface area contributed by atoms with Crippen LogP contribution in [0.1, 0.15) is 6.42 Å². The van der Waals surface area contributed by atoms with Crippen LogP contribution in [0, 0.1) is 10.1 Å². The standard InChI is InChI=1S/C15H14N2O6S/c18-17(19)12-4-1-2-5-15(12)24(20,21)16-11-6-7-13-14(10-11)23-9-3-8-22-13/h1-2,4-7,10,16H,3,8-9H2. The van der Waals surface area contributed by atoms with Crippen LogP contribution in [0.5, 0.6) is 11.5 Å². The number of hydrogen-bond donors (Lipinski definition) is 1. The van der Waals surface area contributed by atoms with Crippen molar-refractivity contribution in [3.8, 4) is 11.5 Å². The van der Waals surface area contributed by atoms with E-state index in [9.17, 15) is 18.5 Å². The van der Waals surface area contributed by atoms with E-state index in [1.54, 1.807) is 6.07 Å². The van der Waals surface area contributed by atoms with Crippen LogP contribution in [0.15, 0.2) is 47.4 Å². The van der Waals surface area contributed by atoms with E-state index in [4.69, 9.17) is 9.47 Å². The molecule has 0 radical (unpaired) electrons. The smallest absolute Gasteiger partial charge is 0.289 e. The van der Waals surface area contributed by atoms with Crippen molar-refractivity contribution in [1.29, 1.82) is 0 Å². The molecule has 126 valence electrons. The second-order valence-corrected chi connectivity index (χ2v) is 6.69. The largest absolute Gasteiger partial charge is 0.490 e. The number of anilines is 1. The highest BCUT2D eigenvalue weighted by molar-refractivity contribution is 7.92. The van der Waals surface area contributed by atoms with Crippen molar-refractivity contribution in [2.45, 2.75) is 11.3 Å². The Morgan fingerprint density at radius 2 is 1.75 bits per heavy atom. The molecule has 0 bridgehead atoms. The molecule has 1 aliphatic rings. The molecule has 0 atom stereocenters. The average Bonchev–Trinajstić information content (AvgIpc) is 2.79. The first kappa shape index (κ1) is 16.1. The number of nitro benzene ring substituents is 1. The molecule has 0 spiro atoms. The van der Waals surface area contributed by atoms with Crippen LogP contribution >= 0.6 is 0 Å². The monoisotopic (exact) mass is 350 g/mol. The normalized spacial score (nSPS) is 13.8. The fourth-order valence-corrected chi connectivity index (χ4v) is 3.49. The maximum absolute atomic E-state index is 12.5. The molecule has 0 saturated heterocycles. The number of fused-ring (bicyclic) bond motifs is 1. The topological polar surface area (TPSA) is 108 Å². The molecule has 1 heterocycles. The van der Waals surface area contributed by atoms with Gasteiger partial charge in [-0.3, -0.25) is 14.8 Å². The van der Waals surface area contributed by atoms with Gasteiger partial charge in [0.15, 0.2) is 16.4 Å². The van der Waals surface area contributed by atoms with Gasteiger partial charge in [0.2, 0.25) is 0 Å². The average molecular weight is 350 g/mol. The molecule has 3 rings (SSSR count). The van der Waals surface area contributed by atoms with E-state index in [1.165, 1.54) is 30.3 Å². The maximum Gasteiger partial charge on any atom is 0.289 e. The van der Waals surface area contributed by atoms with Gasteiger partial charge in [-0.25, -0.2) is 8.42 Å². The van der Waals surface area contributed by atoms with Gasteiger partial charge in [0.05, 0.1) is 23.8 Å². The molecular weight excluding hydrogens is 336 g/mol. The lowest BCUT2D eigenvalue weighted by Gasteiger charge is -2.11. The van der Waals surface area contributed by atoms with E-state index in [-0.39, 0.29) is 5.69 Å². The van der Waals surface area contributed by atoms with Gasteiger partial charge in [-0.2, -0.15) is 0 Å². The number of nitrogens with one attached hydrogen (secondary N) is 1. The van der Waals surface area contributed by atoms with Crippen LogP contribution in [-0.4, -0.2) is 26.6 Å². The van der Waals surface area contributed by atoms with Crippen molar-refractivity contribution in [2.24, 2.45) is 0 Å². The lowest BCUT2D eigenvalue weighted by Crippen LogP contribution is -2.14. The van der Waals surface area contributed by atoms with Crippen LogP contribution in [0.3, 0.4) is 0 Å². The molecule has 0 amide bonds. The van der Waals surface area contributed by atoms with E-state index in [0.717, 1.165) is 12.5 Å². The number of benzene rings is 2. The van der Waals surface area contributed by atoms with Crippen molar-refractivity contribution in [3.05, 3.63) is 52.6 Å². The molecule has 24 heavy (non-hydrogen) atoms. The minimum Gasteiger partial charge on any atom is -0.490 e. The number of para-hydroxylation sites is 1. The van der Waals surface area contributed by atoms with Gasteiger partial charge in [-0.1, -0.05) is 12.1 Å². The van der Waals surface area contributed by atoms with E-state index >= 15 is 0 Å². The van der Waals surface area contributed by atoms with Crippen LogP contribution < -0.4 is 14.2 Å². The highest BCUT2D eigenvalue weighted by Gasteiger charge is 2.25. The Morgan fingerprint density at radius 3 is 2.50 bits per heavy atom. The number of nitrogens with zero attached hydrogens (tertiary/aromatic N) is 1. The maximum atomic E-state index is 12.5. The predicted octanol–water partition coefficient (Wildman–Crippen LogP) is 2.56. The summed E-state index contributed by atoms with van der Waals surface area (Å²) >= 11 is 0. The van der Waals surface area contributed by atoms with E-state index in [1.807, 2.05) is 0 Å². The summed E-state index contributed by atoms with van der Waals surface area (Å²) in [6, 6.07) is 9.76. The predicted molar refractivity (Wildman–Crippen MR) is 86.0 cm³/mol. The Morgan fingerprint density at radius 1 is 1.04 bits per heavy atom. The Labute approximate surface area is 138 Å². The van der Waals surface area contributed by atoms with Gasteiger partial charge in [-0.05, 0) is 18.2 Å². The lowest BCUT2D eigenvalue weighted by atomic mass is 10.3. The minimum absolute atomic E-state index is 0.234. The molecular formula is C15H14N2O6S. The van der Waals surface area contributed by atoms with Gasteiger partial charge >= 0.3 is 0 Å². The quantitative estimate of drug-likeness (QED) is 0.671. The van der Waals surface area contributed by atoms with Gasteiger partial charge in [-0.15, -0.1) is 0 Å². The number of rotatable bonds is 4. The first-order valence-corrected chi connectivity index (χ1v) is 8.61. The first-order valence-electron chi connectivity index (χ1n) is 7.13. The molecule has 0 unspecified atom stereocenters. The molecule has 1 aliphatic heterocycles. The first-order chi connectivity index (χ1) is 11.5. The lowest BCUT2D eigenvalue weighted by molar-refractivity contribution is -0.387. The fraction of sp³-hybridized carbons (Fsp3) is 0.200. The van der Waals surface area contributed by atoms with E-state index in [2.05, 4.69) is 4.72 Å². The van der Waals surface area contributed by atoms with Crippen molar-refractivity contribution < 1.29 is 22.8 Å². The van der Waals surface area contributed by atoms with Crippen LogP contribution in [0.25, 0.3) is 0 Å². The Hall–Kier alpha value is -2.81. The highest BCUT2D eigenvalue weighted by atomic mass is 32.2. The molecule has 2 aromatic carbocycles. The van der Waals surface area contributed by atoms with E-state index < -0.39 is 25.5 Å². The van der Waals surface area contributed by atoms with Gasteiger partial charge in [0.25, 0.3) is 15.7 Å². The summed E-state index contributed by atoms with van der Waals surface area (Å²) in [7, 11) is -4.11.